The SMILES string of the molecule is CCCCC(CC(=O)OC1CC(C)(C)N(C)C(C)(C)C1)(C(=O)OC1CC(C)(C)N(C)C(C)(C)C1)c1cc(C(C)(C)C)c(O)c(C(C)(C)C)c1. The van der Waals surface area contributed by atoms with Gasteiger partial charge in [-0.05, 0) is 103 Å². The van der Waals surface area contributed by atoms with Crippen LogP contribution in [0.25, 0.3) is 0 Å². The second kappa shape index (κ2) is 13.8. The van der Waals surface area contributed by atoms with E-state index in [1.54, 1.807) is 0 Å². The fourth-order valence-corrected chi connectivity index (χ4v) is 8.62. The molecular weight excluding hydrogens is 612 g/mol. The van der Waals surface area contributed by atoms with Crippen LogP contribution in [-0.4, -0.2) is 75.3 Å². The van der Waals surface area contributed by atoms with Crippen LogP contribution in [0.15, 0.2) is 12.1 Å². The number of carbonyl (C=O) groups is 2. The van der Waals surface area contributed by atoms with Crippen LogP contribution in [0.1, 0.15) is 172 Å². The Morgan fingerprint density at radius 2 is 1.10 bits per heavy atom. The van der Waals surface area contributed by atoms with Gasteiger partial charge in [0.15, 0.2) is 0 Å². The van der Waals surface area contributed by atoms with Crippen LogP contribution < -0.4 is 0 Å². The Morgan fingerprint density at radius 1 is 0.735 bits per heavy atom. The quantitative estimate of drug-likeness (QED) is 0.260. The van der Waals surface area contributed by atoms with Crippen molar-refractivity contribution in [1.29, 1.82) is 0 Å². The molecule has 0 bridgehead atoms. The molecular formula is C42H72N2O5. The van der Waals surface area contributed by atoms with Gasteiger partial charge in [-0.15, -0.1) is 0 Å². The van der Waals surface area contributed by atoms with E-state index < -0.39 is 16.2 Å². The molecule has 1 aromatic rings. The highest BCUT2D eigenvalue weighted by Crippen LogP contribution is 2.47. The van der Waals surface area contributed by atoms with Gasteiger partial charge in [0.05, 0.1) is 6.42 Å². The molecule has 2 saturated heterocycles. The van der Waals surface area contributed by atoms with E-state index in [1.165, 1.54) is 0 Å². The van der Waals surface area contributed by atoms with Gasteiger partial charge in [0.1, 0.15) is 23.4 Å². The second-order valence-corrected chi connectivity index (χ2v) is 20.1. The first-order valence-electron chi connectivity index (χ1n) is 18.8. The van der Waals surface area contributed by atoms with Crippen LogP contribution in [0.2, 0.25) is 0 Å². The standard InChI is InChI=1S/C42H72N2O5/c1-18-19-20-42(35(47)49-30-25-40(12,13)44(17)41(14,15)26-30,27-33(45)48-29-23-38(8,9)43(16)39(10,11)24-29)28-21-31(36(2,3)4)34(46)32(22-28)37(5,6)7/h21-22,29-30,46H,18-20,23-27H2,1-17H3. The van der Waals surface area contributed by atoms with Crippen molar-refractivity contribution in [2.24, 2.45) is 0 Å². The van der Waals surface area contributed by atoms with Crippen molar-refractivity contribution >= 4 is 11.9 Å². The van der Waals surface area contributed by atoms with Crippen molar-refractivity contribution in [2.75, 3.05) is 14.1 Å². The zero-order valence-electron chi connectivity index (χ0n) is 34.4. The van der Waals surface area contributed by atoms with E-state index in [4.69, 9.17) is 9.47 Å². The smallest absolute Gasteiger partial charge is 0.317 e. The third-order valence-corrected chi connectivity index (χ3v) is 12.2. The van der Waals surface area contributed by atoms with E-state index in [-0.39, 0.29) is 58.5 Å². The predicted octanol–water partition coefficient (Wildman–Crippen LogP) is 9.19. The van der Waals surface area contributed by atoms with Crippen molar-refractivity contribution in [1.82, 2.24) is 9.80 Å². The minimum atomic E-state index is -1.28. The maximum atomic E-state index is 15.1. The van der Waals surface area contributed by atoms with Crippen molar-refractivity contribution in [3.63, 3.8) is 0 Å². The van der Waals surface area contributed by atoms with Gasteiger partial charge in [-0.25, -0.2) is 0 Å². The first kappa shape index (κ1) is 41.3. The van der Waals surface area contributed by atoms with Gasteiger partial charge in [0, 0.05) is 47.8 Å². The average Bonchev–Trinajstić information content (AvgIpc) is 2.90. The first-order chi connectivity index (χ1) is 22.0. The summed E-state index contributed by atoms with van der Waals surface area (Å²) in [5.41, 5.74) is -0.512. The van der Waals surface area contributed by atoms with E-state index in [0.717, 1.165) is 29.5 Å². The number of phenols is 1. The summed E-state index contributed by atoms with van der Waals surface area (Å²) in [6.45, 7) is 32.1. The van der Waals surface area contributed by atoms with Gasteiger partial charge in [-0.3, -0.25) is 19.4 Å². The van der Waals surface area contributed by atoms with Gasteiger partial charge in [-0.2, -0.15) is 0 Å². The Balaban J connectivity index is 2.21. The van der Waals surface area contributed by atoms with Gasteiger partial charge < -0.3 is 14.6 Å². The highest BCUT2D eigenvalue weighted by molar-refractivity contribution is 5.89. The molecule has 280 valence electrons. The molecule has 7 heteroatoms. The highest BCUT2D eigenvalue weighted by Gasteiger charge is 2.51. The highest BCUT2D eigenvalue weighted by atomic mass is 16.6. The van der Waals surface area contributed by atoms with Gasteiger partial charge >= 0.3 is 11.9 Å². The summed E-state index contributed by atoms with van der Waals surface area (Å²) in [6, 6.07) is 3.94. The summed E-state index contributed by atoms with van der Waals surface area (Å²) in [5, 5.41) is 11.7. The van der Waals surface area contributed by atoms with Crippen molar-refractivity contribution < 1.29 is 24.2 Å². The Labute approximate surface area is 299 Å². The number of esters is 2. The molecule has 49 heavy (non-hydrogen) atoms. The van der Waals surface area contributed by atoms with Gasteiger partial charge in [0.2, 0.25) is 0 Å². The molecule has 2 fully saturated rings. The van der Waals surface area contributed by atoms with Crippen LogP contribution in [0, 0.1) is 0 Å². The van der Waals surface area contributed by atoms with Crippen LogP contribution >= 0.6 is 0 Å². The molecule has 1 atom stereocenters. The van der Waals surface area contributed by atoms with Crippen molar-refractivity contribution in [2.45, 2.75) is 206 Å². The summed E-state index contributed by atoms with van der Waals surface area (Å²) < 4.78 is 13.0. The lowest BCUT2D eigenvalue weighted by Gasteiger charge is -2.53. The number of nitrogens with zero attached hydrogens (tertiary/aromatic N) is 2. The van der Waals surface area contributed by atoms with E-state index in [2.05, 4.69) is 128 Å². The molecule has 0 amide bonds. The fraction of sp³-hybridized carbons (Fsp3) is 0.810. The molecule has 2 aliphatic heterocycles. The zero-order valence-corrected chi connectivity index (χ0v) is 34.4. The van der Waals surface area contributed by atoms with Gasteiger partial charge in [-0.1, -0.05) is 73.4 Å². The number of rotatable bonds is 9. The number of aromatic hydroxyl groups is 1. The fourth-order valence-electron chi connectivity index (χ4n) is 8.62. The molecule has 2 aliphatic rings. The molecule has 1 N–H and O–H groups in total. The molecule has 0 saturated carbocycles. The van der Waals surface area contributed by atoms with Crippen LogP contribution in [0.3, 0.4) is 0 Å². The number of piperidine rings is 2. The van der Waals surface area contributed by atoms with E-state index in [9.17, 15) is 9.90 Å². The first-order valence-corrected chi connectivity index (χ1v) is 18.8. The average molecular weight is 685 g/mol. The number of hydrogen-bond acceptors (Lipinski definition) is 7. The van der Waals surface area contributed by atoms with Crippen LogP contribution in [0.5, 0.6) is 5.75 Å². The van der Waals surface area contributed by atoms with E-state index in [1.807, 2.05) is 12.1 Å². The molecule has 0 aromatic heterocycles. The monoisotopic (exact) mass is 685 g/mol. The lowest BCUT2D eigenvalue weighted by molar-refractivity contribution is -0.173. The van der Waals surface area contributed by atoms with E-state index in [0.29, 0.717) is 32.1 Å². The molecule has 0 spiro atoms. The Kier molecular flexibility index (Phi) is 11.6. The maximum Gasteiger partial charge on any atom is 0.317 e. The molecule has 3 rings (SSSR count). The summed E-state index contributed by atoms with van der Waals surface area (Å²) in [6.07, 6.45) is 4.17. The Morgan fingerprint density at radius 3 is 1.45 bits per heavy atom. The van der Waals surface area contributed by atoms with Crippen molar-refractivity contribution in [3.05, 3.63) is 28.8 Å². The molecule has 0 aliphatic carbocycles. The maximum absolute atomic E-state index is 15.1. The second-order valence-electron chi connectivity index (χ2n) is 20.1. The largest absolute Gasteiger partial charge is 0.507 e. The Bertz CT molecular complexity index is 1290. The number of likely N-dealkylation sites (tertiary alicyclic amines) is 2. The third-order valence-electron chi connectivity index (χ3n) is 12.2. The molecule has 1 unspecified atom stereocenters. The molecule has 7 nitrogen and oxygen atoms in total. The lowest BCUT2D eigenvalue weighted by Crippen LogP contribution is -2.61. The van der Waals surface area contributed by atoms with Crippen LogP contribution in [-0.2, 0) is 35.3 Å². The number of unbranched alkanes of at least 4 members (excludes halogenated alkanes) is 1. The number of carbonyl (C=O) groups excluding carboxylic acids is 2. The van der Waals surface area contributed by atoms with Gasteiger partial charge in [0.25, 0.3) is 0 Å². The topological polar surface area (TPSA) is 79.3 Å². The minimum absolute atomic E-state index is 0.115. The number of benzene rings is 1. The number of ether oxygens (including phenoxy) is 2. The Hall–Kier alpha value is -2.12. The number of hydrogen-bond donors (Lipinski definition) is 1. The van der Waals surface area contributed by atoms with Crippen LogP contribution in [0.4, 0.5) is 0 Å². The summed E-state index contributed by atoms with van der Waals surface area (Å²) in [7, 11) is 4.28. The zero-order chi connectivity index (χ0) is 37.8. The van der Waals surface area contributed by atoms with E-state index >= 15 is 4.79 Å². The minimum Gasteiger partial charge on any atom is -0.507 e. The lowest BCUT2D eigenvalue weighted by atomic mass is 9.69. The molecule has 0 radical (unpaired) electrons. The third kappa shape index (κ3) is 8.86. The normalized spacial score (nSPS) is 23.1. The predicted molar refractivity (Wildman–Crippen MR) is 201 cm³/mol. The molecule has 1 aromatic carbocycles. The number of phenolic OH excluding ortho intramolecular Hbond substituents is 1. The summed E-state index contributed by atoms with van der Waals surface area (Å²) >= 11 is 0. The van der Waals surface area contributed by atoms with Crippen molar-refractivity contribution in [3.8, 4) is 5.75 Å². The molecule has 2 heterocycles. The summed E-state index contributed by atoms with van der Waals surface area (Å²) in [5.74, 6) is -0.492. The summed E-state index contributed by atoms with van der Waals surface area (Å²) in [4.78, 5) is 34.2.